The molecule has 1 spiro atoms. The van der Waals surface area contributed by atoms with Crippen LogP contribution >= 0.6 is 0 Å². The van der Waals surface area contributed by atoms with Gasteiger partial charge in [0.05, 0.1) is 12.2 Å². The monoisotopic (exact) mass is 318 g/mol. The van der Waals surface area contributed by atoms with Crippen LogP contribution in [0.5, 0.6) is 0 Å². The summed E-state index contributed by atoms with van der Waals surface area (Å²) in [4.78, 5) is 36.2. The van der Waals surface area contributed by atoms with Gasteiger partial charge in [-0.2, -0.15) is 0 Å². The van der Waals surface area contributed by atoms with Gasteiger partial charge in [-0.1, -0.05) is 0 Å². The zero-order valence-electron chi connectivity index (χ0n) is 13.6. The van der Waals surface area contributed by atoms with Crippen LogP contribution in [0.25, 0.3) is 0 Å². The largest absolute Gasteiger partial charge is 0.371 e. The predicted octanol–water partition coefficient (Wildman–Crippen LogP) is 0.576. The molecule has 0 aliphatic carbocycles. The molecule has 124 valence electrons. The minimum absolute atomic E-state index is 0.0260. The minimum Gasteiger partial charge on any atom is -0.371 e. The Labute approximate surface area is 135 Å². The van der Waals surface area contributed by atoms with Crippen LogP contribution in [0.4, 0.5) is 0 Å². The lowest BCUT2D eigenvalue weighted by Crippen LogP contribution is -2.46. The molecule has 2 aliphatic heterocycles. The van der Waals surface area contributed by atoms with Gasteiger partial charge in [0.2, 0.25) is 5.91 Å². The number of likely N-dealkylation sites (tertiary alicyclic amines) is 1. The third-order valence-corrected chi connectivity index (χ3v) is 4.62. The molecule has 0 aromatic carbocycles. The Morgan fingerprint density at radius 1 is 1.30 bits per heavy atom. The molecular formula is C16H22N4O3. The molecule has 2 fully saturated rings. The third-order valence-electron chi connectivity index (χ3n) is 4.62. The van der Waals surface area contributed by atoms with E-state index < -0.39 is 0 Å². The summed E-state index contributed by atoms with van der Waals surface area (Å²) >= 11 is 0. The number of aromatic nitrogens is 2. The highest BCUT2D eigenvalue weighted by Gasteiger charge is 2.44. The summed E-state index contributed by atoms with van der Waals surface area (Å²) in [6, 6.07) is 0.133. The second-order valence-corrected chi connectivity index (χ2v) is 6.71. The van der Waals surface area contributed by atoms with Crippen molar-refractivity contribution in [2.45, 2.75) is 26.3 Å². The Balaban J connectivity index is 1.75. The van der Waals surface area contributed by atoms with Gasteiger partial charge in [-0.25, -0.2) is 9.97 Å². The van der Waals surface area contributed by atoms with Crippen molar-refractivity contribution in [3.63, 3.8) is 0 Å². The summed E-state index contributed by atoms with van der Waals surface area (Å²) in [5.74, 6) is -0.0349. The zero-order valence-corrected chi connectivity index (χ0v) is 13.6. The van der Waals surface area contributed by atoms with Crippen molar-refractivity contribution in [2.24, 2.45) is 5.41 Å². The number of rotatable bonds is 2. The van der Waals surface area contributed by atoms with E-state index in [1.165, 1.54) is 18.7 Å². The van der Waals surface area contributed by atoms with E-state index in [-0.39, 0.29) is 29.9 Å². The molecule has 1 atom stereocenters. The molecule has 0 radical (unpaired) electrons. The van der Waals surface area contributed by atoms with E-state index in [2.05, 4.69) is 9.97 Å². The molecule has 0 bridgehead atoms. The highest BCUT2D eigenvalue weighted by molar-refractivity contribution is 5.93. The maximum Gasteiger partial charge on any atom is 0.257 e. The van der Waals surface area contributed by atoms with E-state index in [4.69, 9.17) is 4.74 Å². The van der Waals surface area contributed by atoms with Crippen LogP contribution in [0.3, 0.4) is 0 Å². The van der Waals surface area contributed by atoms with E-state index >= 15 is 0 Å². The SMILES string of the molecule is CC(C)N1CC2(CCN(C(=O)c3cncnc3)C2)COCC1=O. The molecule has 1 unspecified atom stereocenters. The van der Waals surface area contributed by atoms with Crippen LogP contribution in [-0.2, 0) is 9.53 Å². The molecule has 7 heteroatoms. The van der Waals surface area contributed by atoms with Crippen molar-refractivity contribution in [3.05, 3.63) is 24.3 Å². The molecule has 23 heavy (non-hydrogen) atoms. The Morgan fingerprint density at radius 3 is 2.74 bits per heavy atom. The molecule has 2 amide bonds. The van der Waals surface area contributed by atoms with Crippen LogP contribution in [0.2, 0.25) is 0 Å². The molecule has 1 aromatic heterocycles. The van der Waals surface area contributed by atoms with Gasteiger partial charge < -0.3 is 14.5 Å². The Morgan fingerprint density at radius 2 is 2.04 bits per heavy atom. The summed E-state index contributed by atoms with van der Waals surface area (Å²) in [7, 11) is 0. The predicted molar refractivity (Wildman–Crippen MR) is 82.7 cm³/mol. The lowest BCUT2D eigenvalue weighted by molar-refractivity contribution is -0.135. The van der Waals surface area contributed by atoms with Crippen LogP contribution in [0.1, 0.15) is 30.6 Å². The average Bonchev–Trinajstić information content (AvgIpc) is 2.88. The van der Waals surface area contributed by atoms with Crippen molar-refractivity contribution in [1.82, 2.24) is 19.8 Å². The van der Waals surface area contributed by atoms with Gasteiger partial charge in [0, 0.05) is 43.5 Å². The van der Waals surface area contributed by atoms with Crippen LogP contribution in [0, 0.1) is 5.41 Å². The lowest BCUT2D eigenvalue weighted by Gasteiger charge is -2.34. The van der Waals surface area contributed by atoms with E-state index in [0.717, 1.165) is 6.42 Å². The summed E-state index contributed by atoms with van der Waals surface area (Å²) in [5, 5.41) is 0. The maximum absolute atomic E-state index is 12.6. The van der Waals surface area contributed by atoms with Gasteiger partial charge in [0.25, 0.3) is 5.91 Å². The minimum atomic E-state index is -0.179. The Kier molecular flexibility index (Phi) is 4.30. The fraction of sp³-hybridized carbons (Fsp3) is 0.625. The third kappa shape index (κ3) is 3.19. The fourth-order valence-electron chi connectivity index (χ4n) is 3.35. The first-order valence-electron chi connectivity index (χ1n) is 7.92. The van der Waals surface area contributed by atoms with E-state index in [0.29, 0.717) is 31.8 Å². The molecule has 0 N–H and O–H groups in total. The van der Waals surface area contributed by atoms with Gasteiger partial charge >= 0.3 is 0 Å². The maximum atomic E-state index is 12.6. The van der Waals surface area contributed by atoms with E-state index in [1.807, 2.05) is 23.6 Å². The van der Waals surface area contributed by atoms with Crippen molar-refractivity contribution < 1.29 is 14.3 Å². The van der Waals surface area contributed by atoms with Gasteiger partial charge in [0.1, 0.15) is 12.9 Å². The molecule has 2 aliphatic rings. The zero-order chi connectivity index (χ0) is 16.4. The van der Waals surface area contributed by atoms with Crippen molar-refractivity contribution in [3.8, 4) is 0 Å². The summed E-state index contributed by atoms with van der Waals surface area (Å²) in [6.07, 6.45) is 5.32. The molecule has 3 heterocycles. The Hall–Kier alpha value is -2.02. The lowest BCUT2D eigenvalue weighted by atomic mass is 9.87. The molecule has 3 rings (SSSR count). The topological polar surface area (TPSA) is 75.6 Å². The number of hydrogen-bond donors (Lipinski definition) is 0. The molecule has 1 aromatic rings. The van der Waals surface area contributed by atoms with Crippen LogP contribution in [0.15, 0.2) is 18.7 Å². The van der Waals surface area contributed by atoms with Crippen LogP contribution < -0.4 is 0 Å². The van der Waals surface area contributed by atoms with Crippen molar-refractivity contribution >= 4 is 11.8 Å². The first-order chi connectivity index (χ1) is 11.0. The molecule has 7 nitrogen and oxygen atoms in total. The summed E-state index contributed by atoms with van der Waals surface area (Å²) in [6.45, 7) is 6.55. The van der Waals surface area contributed by atoms with Gasteiger partial charge in [-0.05, 0) is 20.3 Å². The first-order valence-corrected chi connectivity index (χ1v) is 7.92. The quantitative estimate of drug-likeness (QED) is 0.797. The van der Waals surface area contributed by atoms with Gasteiger partial charge in [-0.15, -0.1) is 0 Å². The van der Waals surface area contributed by atoms with E-state index in [9.17, 15) is 9.59 Å². The second-order valence-electron chi connectivity index (χ2n) is 6.71. The Bertz CT molecular complexity index is 592. The van der Waals surface area contributed by atoms with E-state index in [1.54, 1.807) is 0 Å². The van der Waals surface area contributed by atoms with Gasteiger partial charge in [-0.3, -0.25) is 9.59 Å². The molecule has 2 saturated heterocycles. The van der Waals surface area contributed by atoms with Crippen molar-refractivity contribution in [1.29, 1.82) is 0 Å². The van der Waals surface area contributed by atoms with Crippen molar-refractivity contribution in [2.75, 3.05) is 32.8 Å². The summed E-state index contributed by atoms with van der Waals surface area (Å²) in [5.41, 5.74) is 0.317. The van der Waals surface area contributed by atoms with Gasteiger partial charge in [0.15, 0.2) is 0 Å². The molecular weight excluding hydrogens is 296 g/mol. The molecule has 0 saturated carbocycles. The normalized spacial score (nSPS) is 25.3. The number of carbonyl (C=O) groups excluding carboxylic acids is 2. The highest BCUT2D eigenvalue weighted by atomic mass is 16.5. The number of ether oxygens (including phenoxy) is 1. The number of nitrogens with zero attached hydrogens (tertiary/aromatic N) is 4. The highest BCUT2D eigenvalue weighted by Crippen LogP contribution is 2.34. The average molecular weight is 318 g/mol. The fourth-order valence-corrected chi connectivity index (χ4v) is 3.35. The smallest absolute Gasteiger partial charge is 0.257 e. The first kappa shape index (κ1) is 15.9. The summed E-state index contributed by atoms with van der Waals surface area (Å²) < 4.78 is 5.60. The number of hydrogen-bond acceptors (Lipinski definition) is 5. The number of amides is 2. The number of carbonyl (C=O) groups is 2. The second kappa shape index (κ2) is 6.23. The van der Waals surface area contributed by atoms with Crippen LogP contribution in [-0.4, -0.2) is 70.5 Å². The standard InChI is InChI=1S/C16H22N4O3/c1-12(2)20-9-16(10-23-7-14(20)21)3-4-19(8-16)15(22)13-5-17-11-18-6-13/h5-6,11-12H,3-4,7-10H2,1-2H3.